The fourth-order valence-corrected chi connectivity index (χ4v) is 2.27. The Hall–Kier alpha value is -1.89. The van der Waals surface area contributed by atoms with Crippen molar-refractivity contribution in [2.45, 2.75) is 45.8 Å². The number of nitrogens with one attached hydrogen (secondary N) is 1. The summed E-state index contributed by atoms with van der Waals surface area (Å²) in [5, 5.41) is 9.20. The Bertz CT molecular complexity index is 724. The van der Waals surface area contributed by atoms with Crippen molar-refractivity contribution in [3.63, 3.8) is 0 Å². The van der Waals surface area contributed by atoms with Crippen LogP contribution < -0.4 is 11.2 Å². The van der Waals surface area contributed by atoms with Crippen LogP contribution in [-0.4, -0.2) is 30.3 Å². The molecule has 7 nitrogen and oxygen atoms in total. The van der Waals surface area contributed by atoms with Crippen molar-refractivity contribution < 1.29 is 5.11 Å². The average Bonchev–Trinajstić information content (AvgIpc) is 2.77. The molecule has 7 heteroatoms. The van der Waals surface area contributed by atoms with Crippen LogP contribution >= 0.6 is 0 Å². The summed E-state index contributed by atoms with van der Waals surface area (Å²) in [5.74, 6) is 0.610. The number of H-pyrrole nitrogens is 1. The lowest BCUT2D eigenvalue weighted by Crippen LogP contribution is -2.39. The summed E-state index contributed by atoms with van der Waals surface area (Å²) in [6.45, 7) is 3.83. The molecular formula is C13H20N4O3. The van der Waals surface area contributed by atoms with Gasteiger partial charge in [-0.2, -0.15) is 0 Å². The molecule has 2 aromatic rings. The summed E-state index contributed by atoms with van der Waals surface area (Å²) in [6.07, 6.45) is 1.76. The van der Waals surface area contributed by atoms with Crippen molar-refractivity contribution >= 4 is 11.2 Å². The second kappa shape index (κ2) is 5.62. The Kier molecular flexibility index (Phi) is 4.08. The standard InChI is InChI=1S/C13H20N4O3/c1-8(18)6-4-5-7-17-12(19)10-11(15-9(2)14-10)16(3)13(17)20/h8,18H,4-7H2,1-3H3,(H,14,15). The zero-order valence-electron chi connectivity index (χ0n) is 12.0. The maximum absolute atomic E-state index is 12.3. The van der Waals surface area contributed by atoms with Crippen molar-refractivity contribution in [3.05, 3.63) is 26.7 Å². The van der Waals surface area contributed by atoms with Crippen LogP contribution in [0.25, 0.3) is 11.2 Å². The first-order valence-corrected chi connectivity index (χ1v) is 6.76. The van der Waals surface area contributed by atoms with Gasteiger partial charge in [0.15, 0.2) is 5.65 Å². The van der Waals surface area contributed by atoms with E-state index in [9.17, 15) is 14.7 Å². The van der Waals surface area contributed by atoms with Gasteiger partial charge in [0.05, 0.1) is 6.10 Å². The molecule has 0 aromatic carbocycles. The Balaban J connectivity index is 2.34. The smallest absolute Gasteiger partial charge is 0.332 e. The van der Waals surface area contributed by atoms with Gasteiger partial charge in [-0.3, -0.25) is 13.9 Å². The molecule has 0 aliphatic carbocycles. The number of aliphatic hydroxyl groups is 1. The Morgan fingerprint density at radius 2 is 2.05 bits per heavy atom. The molecule has 2 aromatic heterocycles. The molecule has 110 valence electrons. The van der Waals surface area contributed by atoms with Crippen LogP contribution in [0.2, 0.25) is 0 Å². The Labute approximate surface area is 115 Å². The van der Waals surface area contributed by atoms with Crippen molar-refractivity contribution in [1.29, 1.82) is 0 Å². The van der Waals surface area contributed by atoms with E-state index in [1.807, 2.05) is 0 Å². The normalized spacial score (nSPS) is 13.0. The van der Waals surface area contributed by atoms with E-state index in [1.165, 1.54) is 9.13 Å². The molecule has 0 bridgehead atoms. The Morgan fingerprint density at radius 1 is 1.35 bits per heavy atom. The number of fused-ring (bicyclic) bond motifs is 1. The van der Waals surface area contributed by atoms with Crippen LogP contribution in [-0.2, 0) is 13.6 Å². The van der Waals surface area contributed by atoms with E-state index >= 15 is 0 Å². The van der Waals surface area contributed by atoms with E-state index in [-0.39, 0.29) is 17.4 Å². The molecule has 2 rings (SSSR count). The summed E-state index contributed by atoms with van der Waals surface area (Å²) in [6, 6.07) is 0. The van der Waals surface area contributed by atoms with Gasteiger partial charge >= 0.3 is 5.69 Å². The summed E-state index contributed by atoms with van der Waals surface area (Å²) in [7, 11) is 1.61. The summed E-state index contributed by atoms with van der Waals surface area (Å²) < 4.78 is 2.61. The third-order valence-corrected chi connectivity index (χ3v) is 3.35. The predicted octanol–water partition coefficient (Wildman–Crippen LogP) is 0.283. The van der Waals surface area contributed by atoms with Crippen LogP contribution in [0.3, 0.4) is 0 Å². The highest BCUT2D eigenvalue weighted by atomic mass is 16.3. The highest BCUT2D eigenvalue weighted by Gasteiger charge is 2.13. The molecule has 20 heavy (non-hydrogen) atoms. The van der Waals surface area contributed by atoms with Crippen LogP contribution in [0, 0.1) is 6.92 Å². The van der Waals surface area contributed by atoms with Gasteiger partial charge in [0, 0.05) is 13.6 Å². The molecular weight excluding hydrogens is 260 g/mol. The van der Waals surface area contributed by atoms with Gasteiger partial charge in [-0.25, -0.2) is 9.78 Å². The molecule has 2 heterocycles. The minimum Gasteiger partial charge on any atom is -0.393 e. The van der Waals surface area contributed by atoms with Gasteiger partial charge in [-0.15, -0.1) is 0 Å². The third kappa shape index (κ3) is 2.67. The molecule has 0 saturated carbocycles. The number of hydrogen-bond acceptors (Lipinski definition) is 4. The zero-order chi connectivity index (χ0) is 14.9. The number of aryl methyl sites for hydroxylation is 2. The maximum Gasteiger partial charge on any atom is 0.332 e. The fourth-order valence-electron chi connectivity index (χ4n) is 2.27. The maximum atomic E-state index is 12.3. The molecule has 2 N–H and O–H groups in total. The molecule has 1 unspecified atom stereocenters. The van der Waals surface area contributed by atoms with E-state index in [0.717, 1.165) is 6.42 Å². The lowest BCUT2D eigenvalue weighted by Gasteiger charge is -2.08. The van der Waals surface area contributed by atoms with E-state index < -0.39 is 0 Å². The SMILES string of the molecule is Cc1nc2c([nH]1)c(=O)n(CCCCC(C)O)c(=O)n2C. The number of aromatic nitrogens is 4. The lowest BCUT2D eigenvalue weighted by atomic mass is 10.2. The summed E-state index contributed by atoms with van der Waals surface area (Å²) in [5.41, 5.74) is 0.0599. The van der Waals surface area contributed by atoms with Crippen molar-refractivity contribution in [2.24, 2.45) is 7.05 Å². The molecule has 0 fully saturated rings. The van der Waals surface area contributed by atoms with Crippen molar-refractivity contribution in [1.82, 2.24) is 19.1 Å². The average molecular weight is 280 g/mol. The van der Waals surface area contributed by atoms with Gasteiger partial charge in [0.1, 0.15) is 11.3 Å². The zero-order valence-corrected chi connectivity index (χ0v) is 12.0. The number of aromatic amines is 1. The number of rotatable bonds is 5. The summed E-state index contributed by atoms with van der Waals surface area (Å²) in [4.78, 5) is 31.5. The van der Waals surface area contributed by atoms with Crippen LogP contribution in [0.15, 0.2) is 9.59 Å². The van der Waals surface area contributed by atoms with Crippen LogP contribution in [0.5, 0.6) is 0 Å². The topological polar surface area (TPSA) is 92.9 Å². The van der Waals surface area contributed by atoms with E-state index in [1.54, 1.807) is 20.9 Å². The highest BCUT2D eigenvalue weighted by Crippen LogP contribution is 2.04. The van der Waals surface area contributed by atoms with E-state index in [2.05, 4.69) is 9.97 Å². The summed E-state index contributed by atoms with van der Waals surface area (Å²) >= 11 is 0. The first-order chi connectivity index (χ1) is 9.41. The largest absolute Gasteiger partial charge is 0.393 e. The quantitative estimate of drug-likeness (QED) is 0.769. The van der Waals surface area contributed by atoms with Gasteiger partial charge in [0.2, 0.25) is 0 Å². The van der Waals surface area contributed by atoms with Gasteiger partial charge < -0.3 is 10.1 Å². The van der Waals surface area contributed by atoms with Crippen LogP contribution in [0.4, 0.5) is 0 Å². The third-order valence-electron chi connectivity index (χ3n) is 3.35. The van der Waals surface area contributed by atoms with Crippen LogP contribution in [0.1, 0.15) is 32.0 Å². The second-order valence-corrected chi connectivity index (χ2v) is 5.16. The highest BCUT2D eigenvalue weighted by molar-refractivity contribution is 5.69. The number of aliphatic hydroxyl groups excluding tert-OH is 1. The molecule has 0 saturated heterocycles. The molecule has 1 atom stereocenters. The fraction of sp³-hybridized carbons (Fsp3) is 0.615. The first kappa shape index (κ1) is 14.5. The Morgan fingerprint density at radius 3 is 2.70 bits per heavy atom. The molecule has 0 amide bonds. The minimum atomic E-state index is -0.356. The lowest BCUT2D eigenvalue weighted by molar-refractivity contribution is 0.180. The molecule has 0 spiro atoms. The second-order valence-electron chi connectivity index (χ2n) is 5.16. The minimum absolute atomic E-state index is 0.333. The molecule has 0 aliphatic rings. The molecule has 0 radical (unpaired) electrons. The van der Waals surface area contributed by atoms with Crippen molar-refractivity contribution in [3.8, 4) is 0 Å². The van der Waals surface area contributed by atoms with Gasteiger partial charge in [-0.1, -0.05) is 0 Å². The molecule has 0 aliphatic heterocycles. The monoisotopic (exact) mass is 280 g/mol. The first-order valence-electron chi connectivity index (χ1n) is 6.76. The number of nitrogens with zero attached hydrogens (tertiary/aromatic N) is 3. The van der Waals surface area contributed by atoms with Gasteiger partial charge in [0.25, 0.3) is 5.56 Å². The predicted molar refractivity (Wildman–Crippen MR) is 75.9 cm³/mol. The van der Waals surface area contributed by atoms with Crippen molar-refractivity contribution in [2.75, 3.05) is 0 Å². The van der Waals surface area contributed by atoms with Gasteiger partial charge in [-0.05, 0) is 33.1 Å². The van der Waals surface area contributed by atoms with E-state index in [0.29, 0.717) is 36.4 Å². The number of imidazole rings is 1. The number of unbranched alkanes of at least 4 members (excludes halogenated alkanes) is 1. The van der Waals surface area contributed by atoms with E-state index in [4.69, 9.17) is 0 Å². The number of hydrogen-bond donors (Lipinski definition) is 2.